The Balaban J connectivity index is 2.22. The van der Waals surface area contributed by atoms with Crippen LogP contribution in [0.4, 0.5) is 0 Å². The van der Waals surface area contributed by atoms with Crippen molar-refractivity contribution in [1.82, 2.24) is 0 Å². The van der Waals surface area contributed by atoms with Crippen LogP contribution in [-0.2, 0) is 28.5 Å². The van der Waals surface area contributed by atoms with E-state index in [1.165, 1.54) is 154 Å². The molecule has 10 heteroatoms. The lowest BCUT2D eigenvalue weighted by atomic mass is 9.99. The van der Waals surface area contributed by atoms with Gasteiger partial charge >= 0.3 is 11.9 Å². The Bertz CT molecular complexity index is 886. The molecule has 0 radical (unpaired) electrons. The lowest BCUT2D eigenvalue weighted by molar-refractivity contribution is -0.305. The van der Waals surface area contributed by atoms with Gasteiger partial charge in [-0.2, -0.15) is 0 Å². The Morgan fingerprint density at radius 3 is 1.21 bits per heavy atom. The summed E-state index contributed by atoms with van der Waals surface area (Å²) in [5, 5.41) is 40.0. The van der Waals surface area contributed by atoms with Crippen molar-refractivity contribution < 1.29 is 49.0 Å². The summed E-state index contributed by atoms with van der Waals surface area (Å²) in [6.07, 6.45) is 31.2. The Morgan fingerprint density at radius 2 is 0.839 bits per heavy atom. The second-order valence-corrected chi connectivity index (χ2v) is 16.6. The third kappa shape index (κ3) is 29.0. The number of esters is 2. The molecular weight excluding hydrogens is 712 g/mol. The van der Waals surface area contributed by atoms with E-state index in [2.05, 4.69) is 13.8 Å². The smallest absolute Gasteiger partial charge is 0.306 e. The van der Waals surface area contributed by atoms with Crippen LogP contribution in [0.3, 0.4) is 0 Å². The van der Waals surface area contributed by atoms with Crippen molar-refractivity contribution in [3.63, 3.8) is 0 Å². The molecule has 0 aromatic heterocycles. The molecule has 4 N–H and O–H groups in total. The predicted octanol–water partition coefficient (Wildman–Crippen LogP) is 10.2. The largest absolute Gasteiger partial charge is 0.462 e. The maximum absolute atomic E-state index is 12.7. The molecule has 0 saturated carbocycles. The summed E-state index contributed by atoms with van der Waals surface area (Å²) in [4.78, 5) is 25.3. The Labute approximate surface area is 342 Å². The van der Waals surface area contributed by atoms with Crippen molar-refractivity contribution in [3.8, 4) is 0 Å². The zero-order chi connectivity index (χ0) is 40.9. The molecule has 10 nitrogen and oxygen atoms in total. The van der Waals surface area contributed by atoms with Gasteiger partial charge in [0, 0.05) is 12.8 Å². The molecular formula is C46H88O10. The van der Waals surface area contributed by atoms with Gasteiger partial charge < -0.3 is 39.4 Å². The first-order valence-electron chi connectivity index (χ1n) is 23.6. The second kappa shape index (κ2) is 37.9. The first kappa shape index (κ1) is 52.7. The van der Waals surface area contributed by atoms with Crippen LogP contribution in [0.25, 0.3) is 0 Å². The van der Waals surface area contributed by atoms with Crippen LogP contribution in [0.5, 0.6) is 0 Å². The fraction of sp³-hybridized carbons (Fsp3) is 0.957. The molecule has 0 aromatic carbocycles. The molecule has 56 heavy (non-hydrogen) atoms. The van der Waals surface area contributed by atoms with Gasteiger partial charge in [0.1, 0.15) is 31.0 Å². The molecule has 1 aliphatic rings. The molecule has 332 valence electrons. The van der Waals surface area contributed by atoms with Crippen molar-refractivity contribution in [3.05, 3.63) is 0 Å². The van der Waals surface area contributed by atoms with Crippen molar-refractivity contribution in [2.45, 2.75) is 263 Å². The first-order valence-corrected chi connectivity index (χ1v) is 23.6. The minimum Gasteiger partial charge on any atom is -0.462 e. The normalized spacial score (nSPS) is 20.3. The van der Waals surface area contributed by atoms with E-state index in [-0.39, 0.29) is 32.0 Å². The molecule has 2 unspecified atom stereocenters. The molecule has 0 aromatic rings. The van der Waals surface area contributed by atoms with Crippen LogP contribution < -0.4 is 0 Å². The SMILES string of the molecule is CCCCCCCCCCCCCCCCCCCCCCCC(=O)OC[C@@H](CO[C@H]1O[C@@H](CO)[C@@H](O)C(O)C1O)OC(=O)CCCCCCCCCCCC. The summed E-state index contributed by atoms with van der Waals surface area (Å²) >= 11 is 0. The Hall–Kier alpha value is -1.30. The van der Waals surface area contributed by atoms with E-state index in [1.54, 1.807) is 0 Å². The third-order valence-corrected chi connectivity index (χ3v) is 11.2. The standard InChI is InChI=1S/C46H88O10/c1-3-5-7-9-11-13-15-16-17-18-19-20-21-22-23-24-25-27-28-30-32-34-41(48)53-37-39(38-54-46-45(52)44(51)43(50)40(36-47)56-46)55-42(49)35-33-31-29-26-14-12-10-8-6-4-2/h39-40,43-47,50-52H,3-38H2,1-2H3/t39-,40-,43+,44?,45?,46-/m0/s1. The van der Waals surface area contributed by atoms with Gasteiger partial charge in [-0.05, 0) is 12.8 Å². The number of ether oxygens (including phenoxy) is 4. The van der Waals surface area contributed by atoms with Gasteiger partial charge in [-0.15, -0.1) is 0 Å². The van der Waals surface area contributed by atoms with Crippen LogP contribution in [0.15, 0.2) is 0 Å². The number of aliphatic hydroxyl groups excluding tert-OH is 4. The number of unbranched alkanes of at least 4 members (excludes halogenated alkanes) is 29. The Morgan fingerprint density at radius 1 is 0.482 bits per heavy atom. The molecule has 1 saturated heterocycles. The highest BCUT2D eigenvalue weighted by Gasteiger charge is 2.44. The van der Waals surface area contributed by atoms with Gasteiger partial charge in [0.15, 0.2) is 12.4 Å². The topological polar surface area (TPSA) is 152 Å². The maximum Gasteiger partial charge on any atom is 0.306 e. The maximum atomic E-state index is 12.7. The second-order valence-electron chi connectivity index (χ2n) is 16.6. The van der Waals surface area contributed by atoms with Crippen LogP contribution in [0.2, 0.25) is 0 Å². The third-order valence-electron chi connectivity index (χ3n) is 11.2. The van der Waals surface area contributed by atoms with Gasteiger partial charge in [-0.1, -0.05) is 200 Å². The average Bonchev–Trinajstić information content (AvgIpc) is 3.19. The van der Waals surface area contributed by atoms with Crippen LogP contribution >= 0.6 is 0 Å². The van der Waals surface area contributed by atoms with Gasteiger partial charge in [0.2, 0.25) is 0 Å². The van der Waals surface area contributed by atoms with Gasteiger partial charge in [0.05, 0.1) is 13.2 Å². The zero-order valence-electron chi connectivity index (χ0n) is 36.2. The fourth-order valence-corrected chi connectivity index (χ4v) is 7.48. The summed E-state index contributed by atoms with van der Waals surface area (Å²) in [7, 11) is 0. The summed E-state index contributed by atoms with van der Waals surface area (Å²) in [6, 6.07) is 0. The van der Waals surface area contributed by atoms with Crippen LogP contribution in [0.1, 0.15) is 226 Å². The molecule has 0 aliphatic carbocycles. The van der Waals surface area contributed by atoms with Crippen molar-refractivity contribution in [2.24, 2.45) is 0 Å². The summed E-state index contributed by atoms with van der Waals surface area (Å²) < 4.78 is 22.1. The molecule has 6 atom stereocenters. The number of hydrogen-bond donors (Lipinski definition) is 4. The lowest BCUT2D eigenvalue weighted by Gasteiger charge is -2.39. The highest BCUT2D eigenvalue weighted by molar-refractivity contribution is 5.70. The zero-order valence-corrected chi connectivity index (χ0v) is 36.2. The van der Waals surface area contributed by atoms with Gasteiger partial charge in [0.25, 0.3) is 0 Å². The van der Waals surface area contributed by atoms with Crippen molar-refractivity contribution in [1.29, 1.82) is 0 Å². The first-order chi connectivity index (χ1) is 27.3. The quantitative estimate of drug-likeness (QED) is 0.0348. The minimum absolute atomic E-state index is 0.209. The summed E-state index contributed by atoms with van der Waals surface area (Å²) in [5.74, 6) is -0.793. The number of hydrogen-bond acceptors (Lipinski definition) is 10. The average molecular weight is 801 g/mol. The number of aliphatic hydroxyl groups is 4. The number of carbonyl (C=O) groups excluding carboxylic acids is 2. The van der Waals surface area contributed by atoms with E-state index in [9.17, 15) is 30.0 Å². The lowest BCUT2D eigenvalue weighted by Crippen LogP contribution is -2.59. The van der Waals surface area contributed by atoms with E-state index >= 15 is 0 Å². The number of carbonyl (C=O) groups is 2. The highest BCUT2D eigenvalue weighted by atomic mass is 16.7. The van der Waals surface area contributed by atoms with E-state index in [4.69, 9.17) is 18.9 Å². The molecule has 1 rings (SSSR count). The molecule has 0 amide bonds. The molecule has 1 aliphatic heterocycles. The summed E-state index contributed by atoms with van der Waals surface area (Å²) in [5.41, 5.74) is 0. The fourth-order valence-electron chi connectivity index (χ4n) is 7.48. The minimum atomic E-state index is -1.59. The van der Waals surface area contributed by atoms with Gasteiger partial charge in [-0.3, -0.25) is 9.59 Å². The Kier molecular flexibility index (Phi) is 35.7. The number of rotatable bonds is 40. The van der Waals surface area contributed by atoms with Crippen molar-refractivity contribution >= 4 is 11.9 Å². The molecule has 0 spiro atoms. The monoisotopic (exact) mass is 801 g/mol. The van der Waals surface area contributed by atoms with E-state index in [1.807, 2.05) is 0 Å². The molecule has 0 bridgehead atoms. The van der Waals surface area contributed by atoms with Crippen LogP contribution in [-0.4, -0.2) is 89.0 Å². The summed E-state index contributed by atoms with van der Waals surface area (Å²) in [6.45, 7) is 3.44. The van der Waals surface area contributed by atoms with E-state index in [0.717, 1.165) is 38.5 Å². The predicted molar refractivity (Wildman–Crippen MR) is 224 cm³/mol. The van der Waals surface area contributed by atoms with E-state index < -0.39 is 49.4 Å². The highest BCUT2D eigenvalue weighted by Crippen LogP contribution is 2.23. The van der Waals surface area contributed by atoms with E-state index in [0.29, 0.717) is 6.42 Å². The van der Waals surface area contributed by atoms with Crippen LogP contribution in [0, 0.1) is 0 Å². The van der Waals surface area contributed by atoms with Crippen molar-refractivity contribution in [2.75, 3.05) is 19.8 Å². The molecule has 1 heterocycles. The van der Waals surface area contributed by atoms with Gasteiger partial charge in [-0.25, -0.2) is 0 Å². The molecule has 1 fully saturated rings.